The van der Waals surface area contributed by atoms with Gasteiger partial charge >= 0.3 is 32.3 Å². The second kappa shape index (κ2) is 19.5. The van der Waals surface area contributed by atoms with E-state index in [2.05, 4.69) is 31.9 Å². The molecule has 0 saturated carbocycles. The Kier molecular flexibility index (Phi) is 13.3. The van der Waals surface area contributed by atoms with Crippen molar-refractivity contribution >= 4 is 78.2 Å². The van der Waals surface area contributed by atoms with Crippen molar-refractivity contribution in [2.45, 2.75) is 9.79 Å². The maximum absolute atomic E-state index is 13.3. The van der Waals surface area contributed by atoms with E-state index in [9.17, 15) is 36.0 Å². The highest BCUT2D eigenvalue weighted by molar-refractivity contribution is 7.88. The quantitative estimate of drug-likeness (QED) is 0.0568. The number of carbonyl (C=O) groups is 4. The van der Waals surface area contributed by atoms with E-state index in [0.717, 1.165) is 18.2 Å². The van der Waals surface area contributed by atoms with Crippen LogP contribution in [0.2, 0.25) is 0 Å². The number of amides is 6. The fourth-order valence-corrected chi connectivity index (χ4v) is 7.85. The van der Waals surface area contributed by atoms with Gasteiger partial charge in [-0.2, -0.15) is 16.8 Å². The SMILES string of the molecule is O=C(Nc1ccc(NC(=O)c2ccccc2)cc1)Nc1cccc(OS(=O)(=O)c2cccc(S(=O)(=O)Oc3cccc(NC(=O)Nc4ccc(NC(=O)c5ccccc5)cc4)c3)c2)c1. The Morgan fingerprint density at radius 3 is 1.03 bits per heavy atom. The Bertz CT molecular complexity index is 2840. The van der Waals surface area contributed by atoms with Gasteiger partial charge in [0, 0.05) is 57.4 Å². The van der Waals surface area contributed by atoms with Crippen molar-refractivity contribution in [1.82, 2.24) is 0 Å². The molecule has 0 aliphatic heterocycles. The largest absolute Gasteiger partial charge is 0.379 e. The van der Waals surface area contributed by atoms with E-state index < -0.39 is 42.1 Å². The van der Waals surface area contributed by atoms with Crippen LogP contribution in [0, 0.1) is 0 Å². The van der Waals surface area contributed by atoms with Crippen LogP contribution in [0.25, 0.3) is 0 Å². The molecule has 322 valence electrons. The second-order valence-electron chi connectivity index (χ2n) is 13.6. The fraction of sp³-hybridized carbons (Fsp3) is 0. The lowest BCUT2D eigenvalue weighted by atomic mass is 10.2. The van der Waals surface area contributed by atoms with E-state index in [4.69, 9.17) is 8.37 Å². The van der Waals surface area contributed by atoms with Crippen molar-refractivity contribution in [1.29, 1.82) is 0 Å². The van der Waals surface area contributed by atoms with Gasteiger partial charge in [0.25, 0.3) is 11.8 Å². The summed E-state index contributed by atoms with van der Waals surface area (Å²) < 4.78 is 63.9. The highest BCUT2D eigenvalue weighted by Crippen LogP contribution is 2.27. The summed E-state index contributed by atoms with van der Waals surface area (Å²) in [5, 5.41) is 16.0. The number of nitrogens with one attached hydrogen (secondary N) is 6. The zero-order chi connectivity index (χ0) is 45.1. The molecule has 0 unspecified atom stereocenters. The number of urea groups is 2. The zero-order valence-corrected chi connectivity index (χ0v) is 34.9. The molecule has 6 N–H and O–H groups in total. The standard InChI is InChI=1S/C46H36N6O10S2/c53-43(31-10-3-1-4-11-31)47-33-20-24-35(25-21-33)49-45(55)51-37-14-7-16-39(28-37)61-63(57,58)41-18-9-19-42(30-41)64(59,60)62-40-17-8-15-38(29-40)52-46(56)50-36-26-22-34(23-27-36)48-44(54)32-12-5-2-6-13-32/h1-30H,(H,47,53)(H,48,54)(H2,49,51,55)(H2,50,52,56). The number of rotatable bonds is 14. The van der Waals surface area contributed by atoms with Crippen LogP contribution in [0.15, 0.2) is 192 Å². The van der Waals surface area contributed by atoms with Gasteiger partial charge in [-0.05, 0) is 115 Å². The molecule has 16 nitrogen and oxygen atoms in total. The van der Waals surface area contributed by atoms with Crippen LogP contribution in [0.1, 0.15) is 20.7 Å². The van der Waals surface area contributed by atoms with Crippen LogP contribution in [-0.2, 0) is 20.2 Å². The number of carbonyl (C=O) groups excluding carboxylic acids is 4. The number of hydrogen-bond donors (Lipinski definition) is 6. The van der Waals surface area contributed by atoms with Gasteiger partial charge < -0.3 is 40.3 Å². The summed E-state index contributed by atoms with van der Waals surface area (Å²) >= 11 is 0. The molecule has 0 bridgehead atoms. The van der Waals surface area contributed by atoms with Crippen LogP contribution in [0.5, 0.6) is 11.5 Å². The van der Waals surface area contributed by atoms with E-state index in [1.807, 2.05) is 0 Å². The molecule has 7 aromatic rings. The maximum atomic E-state index is 13.3. The molecule has 7 rings (SSSR count). The van der Waals surface area contributed by atoms with Gasteiger partial charge in [-0.3, -0.25) is 9.59 Å². The molecule has 0 heterocycles. The van der Waals surface area contributed by atoms with E-state index >= 15 is 0 Å². The molecule has 64 heavy (non-hydrogen) atoms. The first-order chi connectivity index (χ1) is 30.8. The zero-order valence-electron chi connectivity index (χ0n) is 33.2. The Hall–Kier alpha value is -8.48. The average Bonchev–Trinajstić information content (AvgIpc) is 3.28. The minimum Gasteiger partial charge on any atom is -0.379 e. The summed E-state index contributed by atoms with van der Waals surface area (Å²) in [4.78, 5) is 49.4. The molecular formula is C46H36N6O10S2. The van der Waals surface area contributed by atoms with Gasteiger partial charge in [-0.25, -0.2) is 9.59 Å². The molecule has 0 aromatic heterocycles. The minimum atomic E-state index is -4.61. The summed E-state index contributed by atoms with van der Waals surface area (Å²) in [6.45, 7) is 0. The highest BCUT2D eigenvalue weighted by Gasteiger charge is 2.23. The maximum Gasteiger partial charge on any atom is 0.339 e. The molecule has 0 saturated heterocycles. The first-order valence-electron chi connectivity index (χ1n) is 19.1. The lowest BCUT2D eigenvalue weighted by Crippen LogP contribution is -2.19. The Morgan fingerprint density at radius 2 is 0.656 bits per heavy atom. The summed E-state index contributed by atoms with van der Waals surface area (Å²) in [6.07, 6.45) is 0. The predicted molar refractivity (Wildman–Crippen MR) is 242 cm³/mol. The monoisotopic (exact) mass is 896 g/mol. The Balaban J connectivity index is 0.918. The normalized spacial score (nSPS) is 11.0. The van der Waals surface area contributed by atoms with Gasteiger partial charge in [0.15, 0.2) is 0 Å². The molecule has 0 spiro atoms. The fourth-order valence-electron chi connectivity index (χ4n) is 5.83. The third-order valence-electron chi connectivity index (χ3n) is 8.85. The third-order valence-corrected chi connectivity index (χ3v) is 11.3. The van der Waals surface area contributed by atoms with Gasteiger partial charge in [0.05, 0.1) is 0 Å². The summed E-state index contributed by atoms with van der Waals surface area (Å²) in [7, 11) is -9.22. The topological polar surface area (TPSA) is 227 Å². The molecule has 7 aromatic carbocycles. The lowest BCUT2D eigenvalue weighted by Gasteiger charge is -2.12. The van der Waals surface area contributed by atoms with Gasteiger partial charge in [0.1, 0.15) is 21.3 Å². The van der Waals surface area contributed by atoms with Crippen molar-refractivity contribution < 1.29 is 44.4 Å². The van der Waals surface area contributed by atoms with Gasteiger partial charge in [-0.15, -0.1) is 0 Å². The number of anilines is 6. The van der Waals surface area contributed by atoms with E-state index in [1.165, 1.54) is 54.6 Å². The van der Waals surface area contributed by atoms with Crippen molar-refractivity contribution in [3.05, 3.63) is 193 Å². The molecule has 18 heteroatoms. The Labute approximate surface area is 367 Å². The summed E-state index contributed by atoms with van der Waals surface area (Å²) in [5.74, 6) is -0.945. The number of benzene rings is 7. The van der Waals surface area contributed by atoms with Crippen LogP contribution < -0.4 is 40.3 Å². The third kappa shape index (κ3) is 11.9. The second-order valence-corrected chi connectivity index (χ2v) is 16.7. The average molecular weight is 897 g/mol. The van der Waals surface area contributed by atoms with Crippen molar-refractivity contribution in [2.75, 3.05) is 31.9 Å². The van der Waals surface area contributed by atoms with Crippen molar-refractivity contribution in [3.8, 4) is 11.5 Å². The van der Waals surface area contributed by atoms with Crippen molar-refractivity contribution in [2.24, 2.45) is 0 Å². The smallest absolute Gasteiger partial charge is 0.339 e. The summed E-state index contributed by atoms with van der Waals surface area (Å²) in [6, 6.07) is 44.2. The molecule has 0 radical (unpaired) electrons. The first-order valence-corrected chi connectivity index (χ1v) is 21.9. The minimum absolute atomic E-state index is 0.177. The summed E-state index contributed by atoms with van der Waals surface area (Å²) in [5.41, 5.74) is 3.17. The van der Waals surface area contributed by atoms with Crippen LogP contribution >= 0.6 is 0 Å². The van der Waals surface area contributed by atoms with E-state index in [0.29, 0.717) is 33.9 Å². The molecular weight excluding hydrogens is 861 g/mol. The first kappa shape index (κ1) is 43.6. The van der Waals surface area contributed by atoms with Crippen LogP contribution in [0.4, 0.5) is 43.7 Å². The predicted octanol–water partition coefficient (Wildman–Crippen LogP) is 9.01. The number of hydrogen-bond acceptors (Lipinski definition) is 10. The van der Waals surface area contributed by atoms with Crippen molar-refractivity contribution in [3.63, 3.8) is 0 Å². The van der Waals surface area contributed by atoms with Crippen LogP contribution in [-0.4, -0.2) is 40.7 Å². The molecule has 0 fully saturated rings. The highest BCUT2D eigenvalue weighted by atomic mass is 32.2. The van der Waals surface area contributed by atoms with Gasteiger partial charge in [0.2, 0.25) is 0 Å². The van der Waals surface area contributed by atoms with Crippen LogP contribution in [0.3, 0.4) is 0 Å². The van der Waals surface area contributed by atoms with Gasteiger partial charge in [-0.1, -0.05) is 54.6 Å². The van der Waals surface area contributed by atoms with E-state index in [1.54, 1.807) is 109 Å². The molecule has 0 atom stereocenters. The molecule has 6 amide bonds. The lowest BCUT2D eigenvalue weighted by molar-refractivity contribution is 0.101. The molecule has 0 aliphatic rings. The molecule has 0 aliphatic carbocycles. The Morgan fingerprint density at radius 1 is 0.328 bits per heavy atom. The van der Waals surface area contributed by atoms with E-state index in [-0.39, 0.29) is 34.7 Å².